The van der Waals surface area contributed by atoms with E-state index in [1.165, 1.54) is 5.69 Å². The van der Waals surface area contributed by atoms with Crippen LogP contribution < -0.4 is 10.2 Å². The van der Waals surface area contributed by atoms with Gasteiger partial charge in [-0.25, -0.2) is 4.68 Å². The zero-order valence-electron chi connectivity index (χ0n) is 15.5. The van der Waals surface area contributed by atoms with Crippen LogP contribution >= 0.6 is 0 Å². The Labute approximate surface area is 159 Å². The molecule has 27 heavy (non-hydrogen) atoms. The van der Waals surface area contributed by atoms with Gasteiger partial charge in [0.1, 0.15) is 0 Å². The highest BCUT2D eigenvalue weighted by Crippen LogP contribution is 2.11. The van der Waals surface area contributed by atoms with Crippen molar-refractivity contribution in [3.63, 3.8) is 0 Å². The molecule has 0 aliphatic rings. The zero-order chi connectivity index (χ0) is 18.9. The molecule has 3 aromatic rings. The van der Waals surface area contributed by atoms with Crippen molar-refractivity contribution < 1.29 is 4.79 Å². The van der Waals surface area contributed by atoms with Crippen LogP contribution in [0, 0.1) is 0 Å². The minimum Gasteiger partial charge on any atom is -0.375 e. The Hall–Kier alpha value is -3.34. The van der Waals surface area contributed by atoms with Crippen molar-refractivity contribution in [2.45, 2.75) is 6.42 Å². The number of hydrogen-bond donors (Lipinski definition) is 1. The second-order valence-corrected chi connectivity index (χ2v) is 6.29. The molecule has 1 N–H and O–H groups in total. The van der Waals surface area contributed by atoms with Crippen molar-refractivity contribution >= 4 is 17.7 Å². The van der Waals surface area contributed by atoms with E-state index in [4.69, 9.17) is 0 Å². The lowest BCUT2D eigenvalue weighted by atomic mass is 10.3. The molecule has 5 nitrogen and oxygen atoms in total. The molecule has 0 aliphatic heterocycles. The SMILES string of the molecule is CN(CCCNC(=O)/C=C/c1cnn(-c2ccccc2)c1)c1ccccc1. The smallest absolute Gasteiger partial charge is 0.244 e. The summed E-state index contributed by atoms with van der Waals surface area (Å²) in [6, 6.07) is 20.1. The first-order chi connectivity index (χ1) is 13.2. The van der Waals surface area contributed by atoms with Gasteiger partial charge in [0.25, 0.3) is 0 Å². The van der Waals surface area contributed by atoms with Gasteiger partial charge in [-0.2, -0.15) is 5.10 Å². The third-order valence-corrected chi connectivity index (χ3v) is 4.22. The lowest BCUT2D eigenvalue weighted by Gasteiger charge is -2.18. The van der Waals surface area contributed by atoms with Crippen LogP contribution in [-0.4, -0.2) is 35.8 Å². The average Bonchev–Trinajstić information content (AvgIpc) is 3.20. The van der Waals surface area contributed by atoms with Gasteiger partial charge in [0.15, 0.2) is 0 Å². The number of carbonyl (C=O) groups excluding carboxylic acids is 1. The molecule has 0 radical (unpaired) electrons. The summed E-state index contributed by atoms with van der Waals surface area (Å²) in [7, 11) is 2.06. The highest BCUT2D eigenvalue weighted by atomic mass is 16.1. The summed E-state index contributed by atoms with van der Waals surface area (Å²) < 4.78 is 1.79. The summed E-state index contributed by atoms with van der Waals surface area (Å²) in [6.07, 6.45) is 7.85. The quantitative estimate of drug-likeness (QED) is 0.494. The second-order valence-electron chi connectivity index (χ2n) is 6.29. The average molecular weight is 360 g/mol. The highest BCUT2D eigenvalue weighted by Gasteiger charge is 2.01. The van der Waals surface area contributed by atoms with Crippen molar-refractivity contribution in [1.82, 2.24) is 15.1 Å². The van der Waals surface area contributed by atoms with Crippen LogP contribution in [0.3, 0.4) is 0 Å². The van der Waals surface area contributed by atoms with E-state index in [1.807, 2.05) is 54.7 Å². The third-order valence-electron chi connectivity index (χ3n) is 4.22. The first kappa shape index (κ1) is 18.5. The molecule has 0 aliphatic carbocycles. The van der Waals surface area contributed by atoms with E-state index in [2.05, 4.69) is 34.5 Å². The Bertz CT molecular complexity index is 872. The van der Waals surface area contributed by atoms with E-state index in [1.54, 1.807) is 23.0 Å². The van der Waals surface area contributed by atoms with Crippen LogP contribution in [0.4, 0.5) is 5.69 Å². The molecule has 138 valence electrons. The number of aromatic nitrogens is 2. The van der Waals surface area contributed by atoms with Gasteiger partial charge in [0, 0.05) is 43.7 Å². The maximum absolute atomic E-state index is 12.0. The number of nitrogens with one attached hydrogen (secondary N) is 1. The van der Waals surface area contributed by atoms with Crippen LogP contribution in [0.1, 0.15) is 12.0 Å². The zero-order valence-corrected chi connectivity index (χ0v) is 15.5. The Kier molecular flexibility index (Phi) is 6.41. The maximum atomic E-state index is 12.0. The van der Waals surface area contributed by atoms with Crippen molar-refractivity contribution in [3.8, 4) is 5.69 Å². The molecule has 0 fully saturated rings. The predicted octanol–water partition coefficient (Wildman–Crippen LogP) is 3.53. The summed E-state index contributed by atoms with van der Waals surface area (Å²) in [5.41, 5.74) is 3.06. The first-order valence-corrected chi connectivity index (χ1v) is 9.04. The second kappa shape index (κ2) is 9.38. The number of anilines is 1. The molecule has 1 heterocycles. The molecule has 0 saturated carbocycles. The summed E-state index contributed by atoms with van der Waals surface area (Å²) in [5, 5.41) is 7.23. The normalized spacial score (nSPS) is 10.9. The fourth-order valence-corrected chi connectivity index (χ4v) is 2.71. The van der Waals surface area contributed by atoms with E-state index >= 15 is 0 Å². The van der Waals surface area contributed by atoms with E-state index in [-0.39, 0.29) is 5.91 Å². The number of amides is 1. The highest BCUT2D eigenvalue weighted by molar-refractivity contribution is 5.91. The summed E-state index contributed by atoms with van der Waals surface area (Å²) in [6.45, 7) is 1.53. The van der Waals surface area contributed by atoms with E-state index in [0.717, 1.165) is 24.2 Å². The summed E-state index contributed by atoms with van der Waals surface area (Å²) >= 11 is 0. The number of carbonyl (C=O) groups is 1. The fourth-order valence-electron chi connectivity index (χ4n) is 2.71. The maximum Gasteiger partial charge on any atom is 0.244 e. The van der Waals surface area contributed by atoms with E-state index in [9.17, 15) is 4.79 Å². The molecule has 5 heteroatoms. The van der Waals surface area contributed by atoms with Gasteiger partial charge in [-0.15, -0.1) is 0 Å². The van der Waals surface area contributed by atoms with Gasteiger partial charge in [-0.3, -0.25) is 4.79 Å². The van der Waals surface area contributed by atoms with Crippen LogP contribution in [0.15, 0.2) is 79.1 Å². The monoisotopic (exact) mass is 360 g/mol. The van der Waals surface area contributed by atoms with Gasteiger partial charge >= 0.3 is 0 Å². The molecule has 1 amide bonds. The molecule has 2 aromatic carbocycles. The van der Waals surface area contributed by atoms with Gasteiger partial charge in [0.2, 0.25) is 5.91 Å². The van der Waals surface area contributed by atoms with Crippen LogP contribution in [-0.2, 0) is 4.79 Å². The van der Waals surface area contributed by atoms with Gasteiger partial charge in [-0.05, 0) is 36.8 Å². The molecule has 0 spiro atoms. The fraction of sp³-hybridized carbons (Fsp3) is 0.182. The topological polar surface area (TPSA) is 50.2 Å². The molecule has 0 unspecified atom stereocenters. The van der Waals surface area contributed by atoms with Crippen LogP contribution in [0.2, 0.25) is 0 Å². The van der Waals surface area contributed by atoms with Crippen molar-refractivity contribution in [2.75, 3.05) is 25.0 Å². The van der Waals surface area contributed by atoms with Crippen LogP contribution in [0.5, 0.6) is 0 Å². The summed E-state index contributed by atoms with van der Waals surface area (Å²) in [4.78, 5) is 14.1. The van der Waals surface area contributed by atoms with Crippen molar-refractivity contribution in [2.24, 2.45) is 0 Å². The molecular weight excluding hydrogens is 336 g/mol. The number of rotatable bonds is 8. The van der Waals surface area contributed by atoms with Crippen molar-refractivity contribution in [3.05, 3.63) is 84.7 Å². The third kappa shape index (κ3) is 5.57. The first-order valence-electron chi connectivity index (χ1n) is 9.04. The Balaban J connectivity index is 1.41. The molecular formula is C22H24N4O. The summed E-state index contributed by atoms with van der Waals surface area (Å²) in [5.74, 6) is -0.0928. The van der Waals surface area contributed by atoms with E-state index in [0.29, 0.717) is 6.54 Å². The Morgan fingerprint density at radius 2 is 1.81 bits per heavy atom. The largest absolute Gasteiger partial charge is 0.375 e. The lowest BCUT2D eigenvalue weighted by molar-refractivity contribution is -0.116. The van der Waals surface area contributed by atoms with Gasteiger partial charge in [-0.1, -0.05) is 36.4 Å². The van der Waals surface area contributed by atoms with Crippen molar-refractivity contribution in [1.29, 1.82) is 0 Å². The Morgan fingerprint density at radius 1 is 1.11 bits per heavy atom. The number of hydrogen-bond acceptors (Lipinski definition) is 3. The number of nitrogens with zero attached hydrogens (tertiary/aromatic N) is 3. The number of benzene rings is 2. The minimum absolute atomic E-state index is 0.0928. The molecule has 3 rings (SSSR count). The minimum atomic E-state index is -0.0928. The van der Waals surface area contributed by atoms with E-state index < -0.39 is 0 Å². The van der Waals surface area contributed by atoms with Gasteiger partial charge in [0.05, 0.1) is 11.9 Å². The number of para-hydroxylation sites is 2. The molecule has 0 atom stereocenters. The van der Waals surface area contributed by atoms with Crippen LogP contribution in [0.25, 0.3) is 11.8 Å². The molecule has 0 bridgehead atoms. The molecule has 0 saturated heterocycles. The molecule has 1 aromatic heterocycles. The lowest BCUT2D eigenvalue weighted by Crippen LogP contribution is -2.26. The Morgan fingerprint density at radius 3 is 2.56 bits per heavy atom. The van der Waals surface area contributed by atoms with Gasteiger partial charge < -0.3 is 10.2 Å². The standard InChI is InChI=1S/C22H24N4O/c1-25(20-9-4-2-5-10-20)16-8-15-23-22(27)14-13-19-17-24-26(18-19)21-11-6-3-7-12-21/h2-7,9-14,17-18H,8,15-16H2,1H3,(H,23,27)/b14-13+. The predicted molar refractivity (Wildman–Crippen MR) is 110 cm³/mol.